The van der Waals surface area contributed by atoms with Gasteiger partial charge in [-0.3, -0.25) is 0 Å². The molecule has 0 radical (unpaired) electrons. The van der Waals surface area contributed by atoms with E-state index in [0.717, 1.165) is 18.4 Å². The average molecular weight is 392 g/mol. The maximum Gasteiger partial charge on any atom is 0.315 e. The first-order valence-corrected chi connectivity index (χ1v) is 9.32. The quantitative estimate of drug-likeness (QED) is 0.816. The predicted molar refractivity (Wildman–Crippen MR) is 94.8 cm³/mol. The summed E-state index contributed by atoms with van der Waals surface area (Å²) < 4.78 is 36.0. The van der Waals surface area contributed by atoms with E-state index in [9.17, 15) is 13.6 Å². The maximum atomic E-state index is 12.7. The molecule has 1 atom stereocenters. The van der Waals surface area contributed by atoms with Crippen molar-refractivity contribution in [3.05, 3.63) is 47.1 Å². The zero-order valence-corrected chi connectivity index (χ0v) is 15.5. The molecule has 0 spiro atoms. The number of hydrogen-bond donors (Lipinski definition) is 2. The van der Waals surface area contributed by atoms with Gasteiger partial charge in [-0.15, -0.1) is 0 Å². The third-order valence-corrected chi connectivity index (χ3v) is 5.58. The molecule has 1 saturated carbocycles. The van der Waals surface area contributed by atoms with Crippen LogP contribution in [-0.2, 0) is 22.3 Å². The minimum atomic E-state index is -2.84. The van der Waals surface area contributed by atoms with Crippen molar-refractivity contribution in [1.82, 2.24) is 20.8 Å². The number of benzene rings is 1. The van der Waals surface area contributed by atoms with Gasteiger partial charge in [0.2, 0.25) is 0 Å². The molecule has 0 bridgehead atoms. The zero-order chi connectivity index (χ0) is 19.8. The molecule has 7 nitrogen and oxygen atoms in total. The SMILES string of the molecule is CC1(CNC(=O)NC2(c3noc(C(F)F)n3)CCC2)OCCc2ccccc21. The maximum absolute atomic E-state index is 12.7. The van der Waals surface area contributed by atoms with Crippen LogP contribution in [0.2, 0.25) is 0 Å². The first-order chi connectivity index (χ1) is 13.4. The molecule has 1 aliphatic heterocycles. The first kappa shape index (κ1) is 18.8. The molecule has 9 heteroatoms. The fourth-order valence-corrected chi connectivity index (χ4v) is 3.83. The van der Waals surface area contributed by atoms with Crippen LogP contribution in [0, 0.1) is 0 Å². The van der Waals surface area contributed by atoms with E-state index in [1.807, 2.05) is 25.1 Å². The number of ether oxygens (including phenoxy) is 1. The third-order valence-electron chi connectivity index (χ3n) is 5.58. The fraction of sp³-hybridized carbons (Fsp3) is 0.526. The molecular weight excluding hydrogens is 370 g/mol. The highest BCUT2D eigenvalue weighted by Gasteiger charge is 2.45. The van der Waals surface area contributed by atoms with Gasteiger partial charge in [-0.05, 0) is 43.7 Å². The number of halogens is 2. The van der Waals surface area contributed by atoms with Crippen LogP contribution in [0.4, 0.5) is 13.6 Å². The van der Waals surface area contributed by atoms with Crippen LogP contribution in [0.15, 0.2) is 28.8 Å². The van der Waals surface area contributed by atoms with E-state index in [0.29, 0.717) is 19.4 Å². The van der Waals surface area contributed by atoms with E-state index >= 15 is 0 Å². The number of amides is 2. The molecule has 2 amide bonds. The average Bonchev–Trinajstić information content (AvgIpc) is 3.14. The number of carbonyl (C=O) groups is 1. The summed E-state index contributed by atoms with van der Waals surface area (Å²) in [5.41, 5.74) is 0.765. The number of hydrogen-bond acceptors (Lipinski definition) is 5. The molecule has 28 heavy (non-hydrogen) atoms. The Morgan fingerprint density at radius 3 is 2.79 bits per heavy atom. The Kier molecular flexibility index (Phi) is 4.78. The van der Waals surface area contributed by atoms with Crippen LogP contribution >= 0.6 is 0 Å². The largest absolute Gasteiger partial charge is 0.368 e. The number of rotatable bonds is 5. The highest BCUT2D eigenvalue weighted by atomic mass is 19.3. The van der Waals surface area contributed by atoms with Crippen molar-refractivity contribution in [3.8, 4) is 0 Å². The summed E-state index contributed by atoms with van der Waals surface area (Å²) in [6.45, 7) is 2.80. The summed E-state index contributed by atoms with van der Waals surface area (Å²) in [5, 5.41) is 9.34. The molecule has 2 N–H and O–H groups in total. The molecule has 2 aliphatic rings. The Morgan fingerprint density at radius 2 is 2.11 bits per heavy atom. The van der Waals surface area contributed by atoms with E-state index < -0.39 is 29.5 Å². The number of alkyl halides is 2. The number of aromatic nitrogens is 2. The lowest BCUT2D eigenvalue weighted by Gasteiger charge is -2.40. The van der Waals surface area contributed by atoms with E-state index in [1.165, 1.54) is 5.56 Å². The highest BCUT2D eigenvalue weighted by Crippen LogP contribution is 2.40. The molecule has 0 saturated heterocycles. The van der Waals surface area contributed by atoms with Crippen LogP contribution in [0.5, 0.6) is 0 Å². The Labute approximate surface area is 160 Å². The van der Waals surface area contributed by atoms with Gasteiger partial charge in [0.25, 0.3) is 5.89 Å². The Balaban J connectivity index is 1.43. The number of carbonyl (C=O) groups excluding carboxylic acids is 1. The summed E-state index contributed by atoms with van der Waals surface area (Å²) in [5.74, 6) is -0.641. The molecule has 1 fully saturated rings. The van der Waals surface area contributed by atoms with Crippen molar-refractivity contribution < 1.29 is 22.8 Å². The standard InChI is InChI=1S/C19H22F2N4O3/c1-18(13-6-3-2-5-12(13)7-10-27-18)11-22-17(26)24-19(8-4-9-19)16-23-15(14(20)21)28-25-16/h2-3,5-6,14H,4,7-11H2,1H3,(H2,22,24,26). The number of urea groups is 1. The summed E-state index contributed by atoms with van der Waals surface area (Å²) in [7, 11) is 0. The van der Waals surface area contributed by atoms with Crippen molar-refractivity contribution in [2.24, 2.45) is 0 Å². The fourth-order valence-electron chi connectivity index (χ4n) is 3.83. The topological polar surface area (TPSA) is 89.3 Å². The molecule has 1 aromatic carbocycles. The van der Waals surface area contributed by atoms with Gasteiger partial charge in [-0.1, -0.05) is 29.4 Å². The second-order valence-electron chi connectivity index (χ2n) is 7.49. The molecule has 150 valence electrons. The number of nitrogens with zero attached hydrogens (tertiary/aromatic N) is 2. The van der Waals surface area contributed by atoms with E-state index in [2.05, 4.69) is 31.4 Å². The van der Waals surface area contributed by atoms with E-state index in [-0.39, 0.29) is 12.4 Å². The second-order valence-corrected chi connectivity index (χ2v) is 7.49. The molecular formula is C19H22F2N4O3. The molecule has 1 aliphatic carbocycles. The monoisotopic (exact) mass is 392 g/mol. The van der Waals surface area contributed by atoms with Crippen LogP contribution in [0.25, 0.3) is 0 Å². The van der Waals surface area contributed by atoms with Crippen molar-refractivity contribution in [2.75, 3.05) is 13.2 Å². The molecule has 2 heterocycles. The van der Waals surface area contributed by atoms with Crippen LogP contribution in [-0.4, -0.2) is 29.3 Å². The van der Waals surface area contributed by atoms with E-state index in [1.54, 1.807) is 0 Å². The Morgan fingerprint density at radius 1 is 1.32 bits per heavy atom. The minimum Gasteiger partial charge on any atom is -0.368 e. The summed E-state index contributed by atoms with van der Waals surface area (Å²) in [6, 6.07) is 7.59. The van der Waals surface area contributed by atoms with Gasteiger partial charge in [-0.2, -0.15) is 13.8 Å². The van der Waals surface area contributed by atoms with Crippen LogP contribution < -0.4 is 10.6 Å². The van der Waals surface area contributed by atoms with Gasteiger partial charge in [0.1, 0.15) is 11.1 Å². The first-order valence-electron chi connectivity index (χ1n) is 9.32. The summed E-state index contributed by atoms with van der Waals surface area (Å²) >= 11 is 0. The second kappa shape index (κ2) is 7.12. The summed E-state index contributed by atoms with van der Waals surface area (Å²) in [6.07, 6.45) is -0.0210. The van der Waals surface area contributed by atoms with Crippen molar-refractivity contribution in [1.29, 1.82) is 0 Å². The smallest absolute Gasteiger partial charge is 0.315 e. The van der Waals surface area contributed by atoms with Crippen LogP contribution in [0.3, 0.4) is 0 Å². The predicted octanol–water partition coefficient (Wildman–Crippen LogP) is 3.17. The van der Waals surface area contributed by atoms with Gasteiger partial charge >= 0.3 is 12.5 Å². The lowest BCUT2D eigenvalue weighted by atomic mass is 9.76. The van der Waals surface area contributed by atoms with E-state index in [4.69, 9.17) is 4.74 Å². The summed E-state index contributed by atoms with van der Waals surface area (Å²) in [4.78, 5) is 16.3. The lowest BCUT2D eigenvalue weighted by Crippen LogP contribution is -2.56. The van der Waals surface area contributed by atoms with Gasteiger partial charge < -0.3 is 19.9 Å². The minimum absolute atomic E-state index is 0.0923. The van der Waals surface area contributed by atoms with Crippen molar-refractivity contribution >= 4 is 6.03 Å². The van der Waals surface area contributed by atoms with Gasteiger partial charge in [-0.25, -0.2) is 4.79 Å². The van der Waals surface area contributed by atoms with Crippen molar-refractivity contribution in [2.45, 2.75) is 50.2 Å². The normalized spacial score (nSPS) is 23.0. The molecule has 4 rings (SSSR count). The number of nitrogens with one attached hydrogen (secondary N) is 2. The third kappa shape index (κ3) is 3.34. The molecule has 1 aromatic heterocycles. The van der Waals surface area contributed by atoms with Crippen LogP contribution in [0.1, 0.15) is 55.5 Å². The zero-order valence-electron chi connectivity index (χ0n) is 15.5. The number of fused-ring (bicyclic) bond motifs is 1. The molecule has 1 unspecified atom stereocenters. The van der Waals surface area contributed by atoms with Gasteiger partial charge in [0, 0.05) is 0 Å². The Hall–Kier alpha value is -2.55. The molecule has 2 aromatic rings. The Bertz CT molecular complexity index is 868. The van der Waals surface area contributed by atoms with Crippen molar-refractivity contribution in [3.63, 3.8) is 0 Å². The lowest BCUT2D eigenvalue weighted by molar-refractivity contribution is -0.0431. The van der Waals surface area contributed by atoms with Gasteiger partial charge in [0.15, 0.2) is 5.82 Å². The highest BCUT2D eigenvalue weighted by molar-refractivity contribution is 5.75. The van der Waals surface area contributed by atoms with Gasteiger partial charge in [0.05, 0.1) is 13.2 Å².